The first-order valence-corrected chi connectivity index (χ1v) is 7.38. The molecule has 2 aromatic rings. The highest BCUT2D eigenvalue weighted by Crippen LogP contribution is 2.33. The number of carbonyl (C=O) groups is 1. The van der Waals surface area contributed by atoms with Crippen molar-refractivity contribution in [3.8, 4) is 16.3 Å². The van der Waals surface area contributed by atoms with Gasteiger partial charge in [-0.2, -0.15) is 0 Å². The summed E-state index contributed by atoms with van der Waals surface area (Å²) >= 11 is 7.17. The van der Waals surface area contributed by atoms with Crippen LogP contribution in [0.2, 0.25) is 5.15 Å². The fourth-order valence-corrected chi connectivity index (χ4v) is 2.91. The summed E-state index contributed by atoms with van der Waals surface area (Å²) in [4.78, 5) is 16.0. The minimum Gasteiger partial charge on any atom is -0.490 e. The zero-order valence-corrected chi connectivity index (χ0v) is 12.3. The Morgan fingerprint density at radius 2 is 2.05 bits per heavy atom. The third kappa shape index (κ3) is 2.78. The maximum absolute atomic E-state index is 11.5. The van der Waals surface area contributed by atoms with Gasteiger partial charge in [-0.1, -0.05) is 11.6 Å². The molecule has 4 nitrogen and oxygen atoms in total. The molecule has 0 atom stereocenters. The van der Waals surface area contributed by atoms with Gasteiger partial charge in [0.05, 0.1) is 13.2 Å². The number of benzene rings is 1. The third-order valence-electron chi connectivity index (χ3n) is 2.88. The van der Waals surface area contributed by atoms with Crippen LogP contribution < -0.4 is 4.74 Å². The Kier molecular flexibility index (Phi) is 3.63. The van der Waals surface area contributed by atoms with Crippen LogP contribution in [0.5, 0.6) is 5.75 Å². The van der Waals surface area contributed by atoms with Crippen LogP contribution in [0, 0.1) is 0 Å². The molecule has 1 aliphatic rings. The molecular weight excluding hydrogens is 298 g/mol. The van der Waals surface area contributed by atoms with E-state index in [4.69, 9.17) is 16.3 Å². The number of methoxy groups -OCH3 is 1. The number of hydrogen-bond donors (Lipinski definition) is 0. The van der Waals surface area contributed by atoms with E-state index < -0.39 is 5.97 Å². The van der Waals surface area contributed by atoms with Crippen molar-refractivity contribution in [2.45, 2.75) is 18.9 Å². The number of carbonyl (C=O) groups excluding carboxylic acids is 1. The van der Waals surface area contributed by atoms with Gasteiger partial charge in [-0.15, -0.1) is 11.3 Å². The monoisotopic (exact) mass is 309 g/mol. The molecule has 0 amide bonds. The fraction of sp³-hybridized carbons (Fsp3) is 0.286. The summed E-state index contributed by atoms with van der Waals surface area (Å²) in [7, 11) is 1.32. The summed E-state index contributed by atoms with van der Waals surface area (Å²) in [5.41, 5.74) is 0.898. The van der Waals surface area contributed by atoms with E-state index in [0.717, 1.165) is 24.2 Å². The van der Waals surface area contributed by atoms with E-state index >= 15 is 0 Å². The number of thiazole rings is 1. The number of halogens is 1. The fourth-order valence-electron chi connectivity index (χ4n) is 1.70. The second-order valence-corrected chi connectivity index (χ2v) is 5.83. The van der Waals surface area contributed by atoms with Crippen LogP contribution in [0.25, 0.3) is 10.6 Å². The normalized spacial score (nSPS) is 14.1. The molecule has 1 heterocycles. The lowest BCUT2D eigenvalue weighted by Gasteiger charge is -2.04. The van der Waals surface area contributed by atoms with Crippen molar-refractivity contribution in [2.75, 3.05) is 7.11 Å². The Hall–Kier alpha value is -1.59. The van der Waals surface area contributed by atoms with Crippen molar-refractivity contribution in [1.82, 2.24) is 4.98 Å². The van der Waals surface area contributed by atoms with Crippen LogP contribution in [0.1, 0.15) is 22.5 Å². The van der Waals surface area contributed by atoms with E-state index in [9.17, 15) is 4.79 Å². The largest absolute Gasteiger partial charge is 0.490 e. The SMILES string of the molecule is COC(=O)c1sc(-c2ccc(OC3CC3)cc2)nc1Cl. The Balaban J connectivity index is 1.82. The van der Waals surface area contributed by atoms with Gasteiger partial charge in [-0.05, 0) is 37.1 Å². The van der Waals surface area contributed by atoms with Gasteiger partial charge in [-0.3, -0.25) is 0 Å². The smallest absolute Gasteiger partial charge is 0.351 e. The molecule has 1 aliphatic carbocycles. The predicted octanol–water partition coefficient (Wildman–Crippen LogP) is 3.79. The lowest BCUT2D eigenvalue weighted by atomic mass is 10.2. The van der Waals surface area contributed by atoms with Crippen molar-refractivity contribution in [1.29, 1.82) is 0 Å². The molecule has 104 valence electrons. The minimum atomic E-state index is -0.465. The van der Waals surface area contributed by atoms with Gasteiger partial charge in [0, 0.05) is 5.56 Å². The maximum atomic E-state index is 11.5. The summed E-state index contributed by atoms with van der Waals surface area (Å²) in [6.07, 6.45) is 2.64. The van der Waals surface area contributed by atoms with Crippen molar-refractivity contribution in [2.24, 2.45) is 0 Å². The molecule has 3 rings (SSSR count). The Morgan fingerprint density at radius 1 is 1.35 bits per heavy atom. The number of hydrogen-bond acceptors (Lipinski definition) is 5. The Labute approximate surface area is 125 Å². The molecule has 0 radical (unpaired) electrons. The molecule has 6 heteroatoms. The summed E-state index contributed by atoms with van der Waals surface area (Å²) in [5, 5.41) is 0.864. The summed E-state index contributed by atoms with van der Waals surface area (Å²) in [6.45, 7) is 0. The van der Waals surface area contributed by atoms with Crippen LogP contribution in [0.3, 0.4) is 0 Å². The lowest BCUT2D eigenvalue weighted by molar-refractivity contribution is 0.0606. The average Bonchev–Trinajstić information content (AvgIpc) is 3.19. The van der Waals surface area contributed by atoms with Gasteiger partial charge < -0.3 is 9.47 Å². The van der Waals surface area contributed by atoms with Crippen LogP contribution in [-0.2, 0) is 4.74 Å². The van der Waals surface area contributed by atoms with E-state index in [1.807, 2.05) is 24.3 Å². The van der Waals surface area contributed by atoms with Crippen LogP contribution in [0.4, 0.5) is 0 Å². The van der Waals surface area contributed by atoms with Gasteiger partial charge >= 0.3 is 5.97 Å². The van der Waals surface area contributed by atoms with Gasteiger partial charge in [-0.25, -0.2) is 9.78 Å². The Morgan fingerprint density at radius 3 is 2.65 bits per heavy atom. The Bertz CT molecular complexity index is 634. The molecule has 1 aromatic carbocycles. The van der Waals surface area contributed by atoms with Crippen LogP contribution in [0.15, 0.2) is 24.3 Å². The van der Waals surface area contributed by atoms with E-state index in [1.165, 1.54) is 18.4 Å². The first-order valence-electron chi connectivity index (χ1n) is 6.19. The molecular formula is C14H12ClNO3S. The molecule has 0 spiro atoms. The van der Waals surface area contributed by atoms with Crippen LogP contribution in [-0.4, -0.2) is 24.2 Å². The molecule has 1 saturated carbocycles. The zero-order chi connectivity index (χ0) is 14.1. The molecule has 1 fully saturated rings. The van der Waals surface area contributed by atoms with Gasteiger partial charge in [0.15, 0.2) is 10.0 Å². The van der Waals surface area contributed by atoms with E-state index in [1.54, 1.807) is 0 Å². The number of ether oxygens (including phenoxy) is 2. The van der Waals surface area contributed by atoms with Crippen molar-refractivity contribution in [3.63, 3.8) is 0 Å². The minimum absolute atomic E-state index is 0.176. The average molecular weight is 310 g/mol. The molecule has 0 unspecified atom stereocenters. The zero-order valence-electron chi connectivity index (χ0n) is 10.8. The molecule has 0 aliphatic heterocycles. The summed E-state index contributed by atoms with van der Waals surface area (Å²) in [5.74, 6) is 0.388. The van der Waals surface area contributed by atoms with E-state index in [0.29, 0.717) is 16.0 Å². The standard InChI is InChI=1S/C14H12ClNO3S/c1-18-14(17)11-12(15)16-13(20-11)8-2-4-9(5-3-8)19-10-6-7-10/h2-5,10H,6-7H2,1H3. The molecule has 0 bridgehead atoms. The number of esters is 1. The topological polar surface area (TPSA) is 48.4 Å². The second kappa shape index (κ2) is 5.42. The second-order valence-electron chi connectivity index (χ2n) is 4.47. The van der Waals surface area contributed by atoms with Crippen molar-refractivity contribution in [3.05, 3.63) is 34.3 Å². The third-order valence-corrected chi connectivity index (χ3v) is 4.36. The quantitative estimate of drug-likeness (QED) is 0.806. The van der Waals surface area contributed by atoms with E-state index in [-0.39, 0.29) is 5.15 Å². The number of rotatable bonds is 4. The molecule has 0 saturated heterocycles. The predicted molar refractivity (Wildman–Crippen MR) is 77.5 cm³/mol. The van der Waals surface area contributed by atoms with Crippen LogP contribution >= 0.6 is 22.9 Å². The van der Waals surface area contributed by atoms with Gasteiger partial charge in [0.25, 0.3) is 0 Å². The van der Waals surface area contributed by atoms with Gasteiger partial charge in [0.1, 0.15) is 10.8 Å². The number of nitrogens with zero attached hydrogens (tertiary/aromatic N) is 1. The first kappa shape index (κ1) is 13.4. The first-order chi connectivity index (χ1) is 9.67. The summed E-state index contributed by atoms with van der Waals surface area (Å²) < 4.78 is 10.3. The highest BCUT2D eigenvalue weighted by atomic mass is 35.5. The van der Waals surface area contributed by atoms with Gasteiger partial charge in [0.2, 0.25) is 0 Å². The maximum Gasteiger partial charge on any atom is 0.351 e. The van der Waals surface area contributed by atoms with Crippen molar-refractivity contribution >= 4 is 28.9 Å². The highest BCUT2D eigenvalue weighted by Gasteiger charge is 2.23. The summed E-state index contributed by atoms with van der Waals surface area (Å²) in [6, 6.07) is 7.63. The number of aromatic nitrogens is 1. The highest BCUT2D eigenvalue weighted by molar-refractivity contribution is 7.17. The molecule has 20 heavy (non-hydrogen) atoms. The van der Waals surface area contributed by atoms with E-state index in [2.05, 4.69) is 9.72 Å². The lowest BCUT2D eigenvalue weighted by Crippen LogP contribution is -1.98. The molecule has 1 aromatic heterocycles. The molecule has 0 N–H and O–H groups in total. The van der Waals surface area contributed by atoms with Crippen molar-refractivity contribution < 1.29 is 14.3 Å².